The summed E-state index contributed by atoms with van der Waals surface area (Å²) >= 11 is 0. The molecule has 1 aliphatic carbocycles. The monoisotopic (exact) mass is 390 g/mol. The summed E-state index contributed by atoms with van der Waals surface area (Å²) in [6, 6.07) is 8.59. The summed E-state index contributed by atoms with van der Waals surface area (Å²) in [6.45, 7) is 1.59. The molecular formula is C21H22N6O2. The van der Waals surface area contributed by atoms with E-state index in [1.54, 1.807) is 0 Å². The average Bonchev–Trinajstić information content (AvgIpc) is 3.52. The molecule has 4 heterocycles. The molecular weight excluding hydrogens is 368 g/mol. The van der Waals surface area contributed by atoms with Crippen LogP contribution in [0.1, 0.15) is 48.5 Å². The Labute approximate surface area is 167 Å². The summed E-state index contributed by atoms with van der Waals surface area (Å²) in [5.74, 6) is 1.56. The number of hydrogen-bond donors (Lipinski definition) is 1. The minimum atomic E-state index is 0.205. The molecule has 2 aliphatic rings. The van der Waals surface area contributed by atoms with Crippen LogP contribution in [0.5, 0.6) is 0 Å². The summed E-state index contributed by atoms with van der Waals surface area (Å²) in [6.07, 6.45) is 6.62. The third-order valence-electron chi connectivity index (χ3n) is 6.18. The number of fused-ring (bicyclic) bond motifs is 2. The molecule has 1 unspecified atom stereocenters. The number of nitrogens with one attached hydrogen (secondary N) is 1. The average molecular weight is 390 g/mol. The number of H-pyrrole nitrogens is 1. The van der Waals surface area contributed by atoms with Gasteiger partial charge in [-0.25, -0.2) is 4.68 Å². The van der Waals surface area contributed by atoms with Crippen LogP contribution in [0.15, 0.2) is 35.0 Å². The van der Waals surface area contributed by atoms with Crippen LogP contribution in [0.2, 0.25) is 0 Å². The van der Waals surface area contributed by atoms with Crippen molar-refractivity contribution in [3.05, 3.63) is 47.7 Å². The van der Waals surface area contributed by atoms with Crippen LogP contribution in [0.3, 0.4) is 0 Å². The quantitative estimate of drug-likeness (QED) is 0.576. The molecule has 0 bridgehead atoms. The minimum Gasteiger partial charge on any atom is -0.381 e. The number of nitrogens with zero attached hydrogens (tertiary/aromatic N) is 5. The second-order valence-corrected chi connectivity index (χ2v) is 7.95. The first-order chi connectivity index (χ1) is 14.3. The number of aryl methyl sites for hydroxylation is 1. The van der Waals surface area contributed by atoms with Crippen LogP contribution in [-0.2, 0) is 17.6 Å². The molecule has 8 heteroatoms. The molecule has 8 nitrogen and oxygen atoms in total. The molecule has 1 N–H and O–H groups in total. The van der Waals surface area contributed by atoms with Gasteiger partial charge in [-0.3, -0.25) is 0 Å². The Morgan fingerprint density at radius 2 is 2.03 bits per heavy atom. The van der Waals surface area contributed by atoms with Crippen LogP contribution >= 0.6 is 0 Å². The Kier molecular flexibility index (Phi) is 3.97. The zero-order valence-electron chi connectivity index (χ0n) is 16.0. The van der Waals surface area contributed by atoms with Crippen LogP contribution in [0.4, 0.5) is 0 Å². The van der Waals surface area contributed by atoms with Crippen molar-refractivity contribution in [3.63, 3.8) is 0 Å². The van der Waals surface area contributed by atoms with Crippen molar-refractivity contribution in [2.24, 2.45) is 0 Å². The van der Waals surface area contributed by atoms with Crippen molar-refractivity contribution in [1.29, 1.82) is 0 Å². The molecule has 0 radical (unpaired) electrons. The van der Waals surface area contributed by atoms with Crippen molar-refractivity contribution in [2.75, 3.05) is 13.2 Å². The molecule has 1 fully saturated rings. The summed E-state index contributed by atoms with van der Waals surface area (Å²) in [7, 11) is 0. The maximum Gasteiger partial charge on any atom is 0.230 e. The number of hydrogen-bond acceptors (Lipinski definition) is 6. The van der Waals surface area contributed by atoms with Gasteiger partial charge in [0.1, 0.15) is 0 Å². The Morgan fingerprint density at radius 3 is 2.97 bits per heavy atom. The van der Waals surface area contributed by atoms with E-state index in [9.17, 15) is 0 Å². The molecule has 29 heavy (non-hydrogen) atoms. The number of aromatic amines is 1. The number of ether oxygens (including phenoxy) is 1. The van der Waals surface area contributed by atoms with E-state index in [1.807, 2.05) is 24.4 Å². The lowest BCUT2D eigenvalue weighted by atomic mass is 9.89. The lowest BCUT2D eigenvalue weighted by Gasteiger charge is -2.26. The normalized spacial score (nSPS) is 20.2. The van der Waals surface area contributed by atoms with Gasteiger partial charge in [-0.1, -0.05) is 10.4 Å². The van der Waals surface area contributed by atoms with Crippen LogP contribution in [-0.4, -0.2) is 43.3 Å². The number of aromatic nitrogens is 6. The zero-order chi connectivity index (χ0) is 19.2. The van der Waals surface area contributed by atoms with Gasteiger partial charge in [-0.05, 0) is 49.9 Å². The second kappa shape index (κ2) is 6.81. The highest BCUT2D eigenvalue weighted by molar-refractivity contribution is 5.83. The first-order valence-corrected chi connectivity index (χ1v) is 10.3. The standard InChI is InChI=1S/C21H22N6O2/c1-3-17-13(5-8-22-17)11-14(1)20-23-21(29-25-20)15-2-4-18-19(12-15)27(26-24-18)16-6-9-28-10-7-16/h1,3,5,8,11,15-16,22H,2,4,6-7,9-10,12H2. The van der Waals surface area contributed by atoms with Gasteiger partial charge >= 0.3 is 0 Å². The fraction of sp³-hybridized carbons (Fsp3) is 0.429. The zero-order valence-corrected chi connectivity index (χ0v) is 16.0. The van der Waals surface area contributed by atoms with Crippen molar-refractivity contribution >= 4 is 10.9 Å². The van der Waals surface area contributed by atoms with Crippen molar-refractivity contribution in [2.45, 2.75) is 44.1 Å². The van der Waals surface area contributed by atoms with Gasteiger partial charge in [-0.2, -0.15) is 4.98 Å². The van der Waals surface area contributed by atoms with E-state index in [1.165, 1.54) is 5.69 Å². The van der Waals surface area contributed by atoms with Crippen LogP contribution < -0.4 is 0 Å². The van der Waals surface area contributed by atoms with E-state index >= 15 is 0 Å². The van der Waals surface area contributed by atoms with Gasteiger partial charge in [-0.15, -0.1) is 5.10 Å². The van der Waals surface area contributed by atoms with Crippen LogP contribution in [0.25, 0.3) is 22.3 Å². The molecule has 3 aromatic heterocycles. The van der Waals surface area contributed by atoms with E-state index in [2.05, 4.69) is 31.2 Å². The largest absolute Gasteiger partial charge is 0.381 e. The van der Waals surface area contributed by atoms with Gasteiger partial charge in [0.25, 0.3) is 0 Å². The molecule has 0 saturated carbocycles. The number of rotatable bonds is 3. The van der Waals surface area contributed by atoms with Gasteiger partial charge in [0.05, 0.1) is 17.4 Å². The first kappa shape index (κ1) is 16.9. The fourth-order valence-corrected chi connectivity index (χ4v) is 4.54. The summed E-state index contributed by atoms with van der Waals surface area (Å²) in [5, 5.41) is 14.3. The smallest absolute Gasteiger partial charge is 0.230 e. The maximum absolute atomic E-state index is 5.69. The van der Waals surface area contributed by atoms with Gasteiger partial charge in [0, 0.05) is 48.2 Å². The summed E-state index contributed by atoms with van der Waals surface area (Å²) in [5.41, 5.74) is 4.41. The minimum absolute atomic E-state index is 0.205. The molecule has 6 rings (SSSR count). The van der Waals surface area contributed by atoms with E-state index in [0.717, 1.165) is 67.5 Å². The van der Waals surface area contributed by atoms with Gasteiger partial charge < -0.3 is 14.2 Å². The van der Waals surface area contributed by atoms with E-state index in [-0.39, 0.29) is 5.92 Å². The topological polar surface area (TPSA) is 94.7 Å². The van der Waals surface area contributed by atoms with Gasteiger partial charge in [0.2, 0.25) is 11.7 Å². The molecule has 1 saturated heterocycles. The molecule has 1 aromatic carbocycles. The van der Waals surface area contributed by atoms with Crippen molar-refractivity contribution < 1.29 is 9.26 Å². The third-order valence-corrected chi connectivity index (χ3v) is 6.18. The molecule has 0 amide bonds. The molecule has 0 spiro atoms. The molecule has 1 aliphatic heterocycles. The maximum atomic E-state index is 5.69. The van der Waals surface area contributed by atoms with Crippen molar-refractivity contribution in [3.8, 4) is 11.4 Å². The van der Waals surface area contributed by atoms with E-state index in [4.69, 9.17) is 14.2 Å². The summed E-state index contributed by atoms with van der Waals surface area (Å²) < 4.78 is 13.3. The van der Waals surface area contributed by atoms with Crippen LogP contribution in [0, 0.1) is 0 Å². The molecule has 148 valence electrons. The van der Waals surface area contributed by atoms with E-state index < -0.39 is 0 Å². The highest BCUT2D eigenvalue weighted by atomic mass is 16.5. The molecule has 1 atom stereocenters. The van der Waals surface area contributed by atoms with Crippen molar-refractivity contribution in [1.82, 2.24) is 30.1 Å². The lowest BCUT2D eigenvalue weighted by molar-refractivity contribution is 0.0647. The third kappa shape index (κ3) is 2.95. The Morgan fingerprint density at radius 1 is 1.10 bits per heavy atom. The highest BCUT2D eigenvalue weighted by Gasteiger charge is 2.31. The Balaban J connectivity index is 1.26. The first-order valence-electron chi connectivity index (χ1n) is 10.3. The van der Waals surface area contributed by atoms with E-state index in [0.29, 0.717) is 17.8 Å². The Hall–Kier alpha value is -3.00. The SMILES string of the molecule is c1cc2cc(-c3noc(C4CCc5nnn(C6CCOCC6)c5C4)n3)ccc2[nH]1. The number of benzene rings is 1. The highest BCUT2D eigenvalue weighted by Crippen LogP contribution is 2.34. The Bertz CT molecular complexity index is 1150. The molecule has 4 aromatic rings. The fourth-order valence-electron chi connectivity index (χ4n) is 4.54. The predicted molar refractivity (Wildman–Crippen MR) is 105 cm³/mol. The lowest BCUT2D eigenvalue weighted by Crippen LogP contribution is -2.24. The summed E-state index contributed by atoms with van der Waals surface area (Å²) in [4.78, 5) is 7.94. The second-order valence-electron chi connectivity index (χ2n) is 7.95. The van der Waals surface area contributed by atoms with Gasteiger partial charge in [0.15, 0.2) is 0 Å². The predicted octanol–water partition coefficient (Wildman–Crippen LogP) is 3.43.